The lowest BCUT2D eigenvalue weighted by Gasteiger charge is -2.07. The van der Waals surface area contributed by atoms with Gasteiger partial charge in [-0.1, -0.05) is 6.92 Å². The predicted molar refractivity (Wildman–Crippen MR) is 76.4 cm³/mol. The Morgan fingerprint density at radius 3 is 2.74 bits per heavy atom. The molecule has 0 fully saturated rings. The molecule has 0 aliphatic carbocycles. The lowest BCUT2D eigenvalue weighted by molar-refractivity contribution is 0.564. The third-order valence-electron chi connectivity index (χ3n) is 2.74. The summed E-state index contributed by atoms with van der Waals surface area (Å²) >= 11 is 0. The predicted octanol–water partition coefficient (Wildman–Crippen LogP) is 0.582. The highest BCUT2D eigenvalue weighted by atomic mass is 32.2. The Bertz CT molecular complexity index is 417. The topological polar surface area (TPSA) is 76.0 Å². The fourth-order valence-electron chi connectivity index (χ4n) is 1.70. The van der Waals surface area contributed by atoms with Crippen molar-refractivity contribution in [1.82, 2.24) is 19.6 Å². The first kappa shape index (κ1) is 16.1. The van der Waals surface area contributed by atoms with Crippen LogP contribution in [0.1, 0.15) is 26.2 Å². The number of hydrogen-bond donors (Lipinski definition) is 2. The molecular weight excluding hydrogens is 264 g/mol. The van der Waals surface area contributed by atoms with Crippen molar-refractivity contribution in [3.8, 4) is 0 Å². The Labute approximate surface area is 115 Å². The second kappa shape index (κ2) is 9.06. The Balaban J connectivity index is 2.06. The molecule has 6 nitrogen and oxygen atoms in total. The van der Waals surface area contributed by atoms with Crippen LogP contribution in [-0.2, 0) is 16.6 Å². The summed E-state index contributed by atoms with van der Waals surface area (Å²) in [6.45, 7) is 5.11. The number of rotatable bonds is 11. The number of aryl methyl sites for hydroxylation is 1. The number of unbranched alkanes of at least 4 members (excludes halogenated alkanes) is 1. The van der Waals surface area contributed by atoms with Gasteiger partial charge >= 0.3 is 0 Å². The van der Waals surface area contributed by atoms with E-state index < -0.39 is 10.0 Å². The van der Waals surface area contributed by atoms with Crippen LogP contribution in [0.25, 0.3) is 0 Å². The highest BCUT2D eigenvalue weighted by molar-refractivity contribution is 7.89. The molecule has 0 spiro atoms. The van der Waals surface area contributed by atoms with Gasteiger partial charge in [-0.25, -0.2) is 18.1 Å². The zero-order valence-corrected chi connectivity index (χ0v) is 12.3. The van der Waals surface area contributed by atoms with Gasteiger partial charge in [-0.3, -0.25) is 0 Å². The van der Waals surface area contributed by atoms with Crippen LogP contribution in [0.15, 0.2) is 18.7 Å². The largest absolute Gasteiger partial charge is 0.337 e. The smallest absolute Gasteiger partial charge is 0.211 e. The summed E-state index contributed by atoms with van der Waals surface area (Å²) in [5.41, 5.74) is 0. The number of aromatic nitrogens is 2. The summed E-state index contributed by atoms with van der Waals surface area (Å²) in [7, 11) is -3.11. The molecule has 1 rings (SSSR count). The standard InChI is InChI=1S/C12H24N4O2S/c1-2-13-6-3-4-11-19(17,18)15-7-5-9-16-10-8-14-12-16/h8,10,12-13,15H,2-7,9,11H2,1H3. The van der Waals surface area contributed by atoms with E-state index in [1.54, 1.807) is 12.5 Å². The first-order valence-corrected chi connectivity index (χ1v) is 8.43. The average Bonchev–Trinajstić information content (AvgIpc) is 2.87. The SMILES string of the molecule is CCNCCCCS(=O)(=O)NCCCn1ccnc1. The van der Waals surface area contributed by atoms with Gasteiger partial charge in [0.25, 0.3) is 0 Å². The second-order valence-electron chi connectivity index (χ2n) is 4.43. The van der Waals surface area contributed by atoms with Gasteiger partial charge in [-0.05, 0) is 32.4 Å². The van der Waals surface area contributed by atoms with Crippen LogP contribution in [-0.4, -0.2) is 43.4 Å². The van der Waals surface area contributed by atoms with E-state index in [2.05, 4.69) is 15.0 Å². The van der Waals surface area contributed by atoms with E-state index in [-0.39, 0.29) is 5.75 Å². The van der Waals surface area contributed by atoms with Gasteiger partial charge in [-0.15, -0.1) is 0 Å². The van der Waals surface area contributed by atoms with Crippen LogP contribution in [0.3, 0.4) is 0 Å². The summed E-state index contributed by atoms with van der Waals surface area (Å²) in [4.78, 5) is 3.93. The van der Waals surface area contributed by atoms with Crippen LogP contribution < -0.4 is 10.0 Å². The molecule has 0 bridgehead atoms. The molecule has 0 saturated heterocycles. The van der Waals surface area contributed by atoms with E-state index >= 15 is 0 Å². The zero-order valence-electron chi connectivity index (χ0n) is 11.5. The average molecular weight is 288 g/mol. The molecule has 0 unspecified atom stereocenters. The molecule has 19 heavy (non-hydrogen) atoms. The van der Waals surface area contributed by atoms with Crippen molar-refractivity contribution in [1.29, 1.82) is 0 Å². The van der Waals surface area contributed by atoms with Crippen LogP contribution in [0, 0.1) is 0 Å². The van der Waals surface area contributed by atoms with E-state index in [9.17, 15) is 8.42 Å². The third-order valence-corrected chi connectivity index (χ3v) is 4.21. The molecule has 1 heterocycles. The lowest BCUT2D eigenvalue weighted by atomic mass is 10.3. The minimum Gasteiger partial charge on any atom is -0.337 e. The van der Waals surface area contributed by atoms with Crippen molar-refractivity contribution in [2.45, 2.75) is 32.7 Å². The lowest BCUT2D eigenvalue weighted by Crippen LogP contribution is -2.28. The molecule has 0 aliphatic heterocycles. The molecule has 0 atom stereocenters. The second-order valence-corrected chi connectivity index (χ2v) is 6.35. The molecule has 0 saturated carbocycles. The summed E-state index contributed by atoms with van der Waals surface area (Å²) in [5, 5.41) is 3.18. The van der Waals surface area contributed by atoms with Gasteiger partial charge in [0.2, 0.25) is 10.0 Å². The minimum atomic E-state index is -3.11. The number of hydrogen-bond acceptors (Lipinski definition) is 4. The summed E-state index contributed by atoms with van der Waals surface area (Å²) in [5.74, 6) is 0.212. The quantitative estimate of drug-likeness (QED) is 0.584. The Hall–Kier alpha value is -0.920. The number of nitrogens with zero attached hydrogens (tertiary/aromatic N) is 2. The van der Waals surface area contributed by atoms with Crippen LogP contribution in [0.4, 0.5) is 0 Å². The van der Waals surface area contributed by atoms with Crippen molar-refractivity contribution in [2.75, 3.05) is 25.4 Å². The normalized spacial score (nSPS) is 11.8. The maximum absolute atomic E-state index is 11.7. The number of nitrogens with one attached hydrogen (secondary N) is 2. The maximum atomic E-state index is 11.7. The molecule has 1 aromatic heterocycles. The molecule has 1 aromatic rings. The molecule has 2 N–H and O–H groups in total. The van der Waals surface area contributed by atoms with Crippen LogP contribution in [0.5, 0.6) is 0 Å². The first-order valence-electron chi connectivity index (χ1n) is 6.78. The van der Waals surface area contributed by atoms with E-state index in [0.29, 0.717) is 13.0 Å². The summed E-state index contributed by atoms with van der Waals surface area (Å²) < 4.78 is 27.9. The van der Waals surface area contributed by atoms with Gasteiger partial charge in [0.15, 0.2) is 0 Å². The van der Waals surface area contributed by atoms with Crippen LogP contribution >= 0.6 is 0 Å². The monoisotopic (exact) mass is 288 g/mol. The van der Waals surface area contributed by atoms with Crippen LogP contribution in [0.2, 0.25) is 0 Å². The molecule has 0 amide bonds. The molecule has 110 valence electrons. The van der Waals surface area contributed by atoms with Crippen molar-refractivity contribution >= 4 is 10.0 Å². The van der Waals surface area contributed by atoms with E-state index in [4.69, 9.17) is 0 Å². The summed E-state index contributed by atoms with van der Waals surface area (Å²) in [6.07, 6.45) is 7.68. The number of sulfonamides is 1. The van der Waals surface area contributed by atoms with E-state index in [0.717, 1.165) is 32.5 Å². The van der Waals surface area contributed by atoms with E-state index in [1.165, 1.54) is 0 Å². The minimum absolute atomic E-state index is 0.212. The van der Waals surface area contributed by atoms with Gasteiger partial charge in [0, 0.05) is 25.5 Å². The number of imidazole rings is 1. The first-order chi connectivity index (χ1) is 9.14. The molecule has 0 radical (unpaired) electrons. The molecule has 7 heteroatoms. The van der Waals surface area contributed by atoms with Gasteiger partial charge in [0.05, 0.1) is 12.1 Å². The fourth-order valence-corrected chi connectivity index (χ4v) is 2.88. The molecule has 0 aliphatic rings. The van der Waals surface area contributed by atoms with Gasteiger partial charge in [-0.2, -0.15) is 0 Å². The maximum Gasteiger partial charge on any atom is 0.211 e. The van der Waals surface area contributed by atoms with Crippen molar-refractivity contribution < 1.29 is 8.42 Å². The Morgan fingerprint density at radius 2 is 2.05 bits per heavy atom. The Kier molecular flexibility index (Phi) is 7.69. The van der Waals surface area contributed by atoms with Crippen molar-refractivity contribution in [3.63, 3.8) is 0 Å². The van der Waals surface area contributed by atoms with E-state index in [1.807, 2.05) is 17.7 Å². The highest BCUT2D eigenvalue weighted by Gasteiger charge is 2.08. The zero-order chi connectivity index (χ0) is 14.0. The molecular formula is C12H24N4O2S. The van der Waals surface area contributed by atoms with Gasteiger partial charge < -0.3 is 9.88 Å². The van der Waals surface area contributed by atoms with Crippen molar-refractivity contribution in [3.05, 3.63) is 18.7 Å². The Morgan fingerprint density at radius 1 is 1.21 bits per heavy atom. The third kappa shape index (κ3) is 7.97. The highest BCUT2D eigenvalue weighted by Crippen LogP contribution is 1.95. The molecule has 0 aromatic carbocycles. The van der Waals surface area contributed by atoms with Gasteiger partial charge in [0.1, 0.15) is 0 Å². The van der Waals surface area contributed by atoms with Crippen molar-refractivity contribution in [2.24, 2.45) is 0 Å². The summed E-state index contributed by atoms with van der Waals surface area (Å²) in [6, 6.07) is 0. The fraction of sp³-hybridized carbons (Fsp3) is 0.750.